The van der Waals surface area contributed by atoms with Crippen LogP contribution in [0.25, 0.3) is 0 Å². The third-order valence-electron chi connectivity index (χ3n) is 5.93. The van der Waals surface area contributed by atoms with Crippen LogP contribution < -0.4 is 5.32 Å². The fourth-order valence-electron chi connectivity index (χ4n) is 4.54. The van der Waals surface area contributed by atoms with Gasteiger partial charge in [0, 0.05) is 24.3 Å². The van der Waals surface area contributed by atoms with Gasteiger partial charge in [-0.15, -0.1) is 0 Å². The predicted molar refractivity (Wildman–Crippen MR) is 112 cm³/mol. The highest BCUT2D eigenvalue weighted by molar-refractivity contribution is 7.89. The molecule has 28 heavy (non-hydrogen) atoms. The minimum absolute atomic E-state index is 0.0139. The van der Waals surface area contributed by atoms with Crippen molar-refractivity contribution < 1.29 is 13.2 Å². The zero-order valence-corrected chi connectivity index (χ0v) is 18.0. The molecule has 0 bridgehead atoms. The lowest BCUT2D eigenvalue weighted by Crippen LogP contribution is -2.47. The fourth-order valence-corrected chi connectivity index (χ4v) is 6.42. The fraction of sp³-hybridized carbons (Fsp3) is 0.667. The largest absolute Gasteiger partial charge is 0.325 e. The van der Waals surface area contributed by atoms with Crippen LogP contribution in [0, 0.1) is 5.92 Å². The molecule has 0 radical (unpaired) electrons. The van der Waals surface area contributed by atoms with E-state index < -0.39 is 10.0 Å². The Hall–Kier alpha value is -1.44. The normalized spacial score (nSPS) is 27.5. The van der Waals surface area contributed by atoms with Gasteiger partial charge in [-0.1, -0.05) is 13.3 Å². The third-order valence-corrected chi connectivity index (χ3v) is 8.08. The number of benzene rings is 1. The van der Waals surface area contributed by atoms with Gasteiger partial charge in [-0.3, -0.25) is 9.69 Å². The molecule has 7 heteroatoms. The SMILES string of the molecule is C[C@@H]1CCCN(CC(=O)Nc2ccc(S(=O)(=O)N3[C@@H](C)CCC[C@@H]3C)cc2)C1. The van der Waals surface area contributed by atoms with Gasteiger partial charge in [0.05, 0.1) is 11.4 Å². The Labute approximate surface area is 169 Å². The maximum absolute atomic E-state index is 13.1. The summed E-state index contributed by atoms with van der Waals surface area (Å²) < 4.78 is 27.8. The molecule has 0 aliphatic carbocycles. The van der Waals surface area contributed by atoms with Crippen molar-refractivity contribution in [3.05, 3.63) is 24.3 Å². The van der Waals surface area contributed by atoms with Crippen LogP contribution in [-0.4, -0.2) is 55.2 Å². The highest BCUT2D eigenvalue weighted by Gasteiger charge is 2.35. The quantitative estimate of drug-likeness (QED) is 0.813. The van der Waals surface area contributed by atoms with Crippen molar-refractivity contribution in [2.45, 2.75) is 69.9 Å². The van der Waals surface area contributed by atoms with Crippen molar-refractivity contribution in [1.82, 2.24) is 9.21 Å². The molecule has 1 aromatic carbocycles. The smallest absolute Gasteiger partial charge is 0.243 e. The number of nitrogens with zero attached hydrogens (tertiary/aromatic N) is 2. The first-order valence-corrected chi connectivity index (χ1v) is 11.9. The summed E-state index contributed by atoms with van der Waals surface area (Å²) in [6.45, 7) is 8.46. The molecule has 2 saturated heterocycles. The van der Waals surface area contributed by atoms with Crippen LogP contribution in [0.2, 0.25) is 0 Å². The average molecular weight is 408 g/mol. The number of rotatable bonds is 5. The lowest BCUT2D eigenvalue weighted by Gasteiger charge is -2.37. The zero-order valence-electron chi connectivity index (χ0n) is 17.2. The number of carbonyl (C=O) groups excluding carboxylic acids is 1. The molecule has 0 saturated carbocycles. The van der Waals surface area contributed by atoms with Crippen molar-refractivity contribution in [2.75, 3.05) is 25.0 Å². The van der Waals surface area contributed by atoms with Crippen molar-refractivity contribution in [2.24, 2.45) is 5.92 Å². The minimum atomic E-state index is -3.52. The van der Waals surface area contributed by atoms with Gasteiger partial charge in [0.1, 0.15) is 0 Å². The number of hydrogen-bond donors (Lipinski definition) is 1. The molecule has 1 N–H and O–H groups in total. The van der Waals surface area contributed by atoms with Crippen molar-refractivity contribution in [3.8, 4) is 0 Å². The van der Waals surface area contributed by atoms with E-state index in [9.17, 15) is 13.2 Å². The molecule has 1 amide bonds. The Morgan fingerprint density at radius 3 is 2.29 bits per heavy atom. The van der Waals surface area contributed by atoms with Crippen molar-refractivity contribution >= 4 is 21.6 Å². The topological polar surface area (TPSA) is 69.7 Å². The van der Waals surface area contributed by atoms with E-state index in [1.165, 1.54) is 6.42 Å². The molecule has 2 heterocycles. The molecule has 0 spiro atoms. The Morgan fingerprint density at radius 1 is 1.04 bits per heavy atom. The molecule has 2 aliphatic heterocycles. The number of piperidine rings is 2. The minimum Gasteiger partial charge on any atom is -0.325 e. The summed E-state index contributed by atoms with van der Waals surface area (Å²) in [5.74, 6) is 0.577. The molecular formula is C21H33N3O3S. The monoisotopic (exact) mass is 407 g/mol. The van der Waals surface area contributed by atoms with Crippen molar-refractivity contribution in [3.63, 3.8) is 0 Å². The van der Waals surface area contributed by atoms with E-state index in [-0.39, 0.29) is 22.9 Å². The summed E-state index contributed by atoms with van der Waals surface area (Å²) in [5, 5.41) is 2.89. The summed E-state index contributed by atoms with van der Waals surface area (Å²) in [4.78, 5) is 14.8. The molecule has 3 atom stereocenters. The summed E-state index contributed by atoms with van der Waals surface area (Å²) >= 11 is 0. The first-order chi connectivity index (χ1) is 13.3. The molecule has 1 aromatic rings. The number of nitrogens with one attached hydrogen (secondary N) is 1. The molecule has 3 rings (SSSR count). The second-order valence-corrected chi connectivity index (χ2v) is 10.4. The summed E-state index contributed by atoms with van der Waals surface area (Å²) in [7, 11) is -3.52. The molecule has 156 valence electrons. The second-order valence-electron chi connectivity index (χ2n) is 8.52. The molecule has 2 fully saturated rings. The first kappa shape index (κ1) is 21.3. The Balaban J connectivity index is 1.63. The zero-order chi connectivity index (χ0) is 20.3. The maximum Gasteiger partial charge on any atom is 0.243 e. The lowest BCUT2D eigenvalue weighted by atomic mass is 10.0. The van der Waals surface area contributed by atoms with E-state index in [0.29, 0.717) is 18.2 Å². The number of carbonyl (C=O) groups is 1. The maximum atomic E-state index is 13.1. The van der Waals surface area contributed by atoms with Crippen LogP contribution in [-0.2, 0) is 14.8 Å². The summed E-state index contributed by atoms with van der Waals surface area (Å²) in [6, 6.07) is 6.59. The molecule has 6 nitrogen and oxygen atoms in total. The van der Waals surface area contributed by atoms with Crippen LogP contribution in [0.15, 0.2) is 29.2 Å². The van der Waals surface area contributed by atoms with Gasteiger partial charge >= 0.3 is 0 Å². The Bertz CT molecular complexity index is 769. The Kier molecular flexibility index (Phi) is 6.78. The van der Waals surface area contributed by atoms with E-state index >= 15 is 0 Å². The third kappa shape index (κ3) is 4.93. The van der Waals surface area contributed by atoms with Gasteiger partial charge in [-0.2, -0.15) is 4.31 Å². The number of likely N-dealkylation sites (tertiary alicyclic amines) is 1. The van der Waals surface area contributed by atoms with Crippen LogP contribution in [0.1, 0.15) is 52.9 Å². The highest BCUT2D eigenvalue weighted by Crippen LogP contribution is 2.30. The van der Waals surface area contributed by atoms with E-state index in [2.05, 4.69) is 17.1 Å². The molecule has 0 unspecified atom stereocenters. The van der Waals surface area contributed by atoms with Gasteiger partial charge in [0.25, 0.3) is 0 Å². The first-order valence-electron chi connectivity index (χ1n) is 10.4. The van der Waals surface area contributed by atoms with Gasteiger partial charge in [0.15, 0.2) is 0 Å². The van der Waals surface area contributed by atoms with Crippen LogP contribution >= 0.6 is 0 Å². The van der Waals surface area contributed by atoms with E-state index in [1.807, 2.05) is 13.8 Å². The average Bonchev–Trinajstić information content (AvgIpc) is 2.61. The van der Waals surface area contributed by atoms with E-state index in [0.717, 1.165) is 38.8 Å². The van der Waals surface area contributed by atoms with Gasteiger partial charge in [0.2, 0.25) is 15.9 Å². The van der Waals surface area contributed by atoms with Crippen LogP contribution in [0.5, 0.6) is 0 Å². The van der Waals surface area contributed by atoms with Crippen LogP contribution in [0.4, 0.5) is 5.69 Å². The summed E-state index contributed by atoms with van der Waals surface area (Å²) in [6.07, 6.45) is 5.21. The van der Waals surface area contributed by atoms with Crippen LogP contribution in [0.3, 0.4) is 0 Å². The molecule has 0 aromatic heterocycles. The van der Waals surface area contributed by atoms with Gasteiger partial charge < -0.3 is 5.32 Å². The van der Waals surface area contributed by atoms with Gasteiger partial charge in [-0.25, -0.2) is 8.42 Å². The standard InChI is InChI=1S/C21H33N3O3S/c1-16-6-5-13-23(14-16)15-21(25)22-19-9-11-20(12-10-19)28(26,27)24-17(2)7-4-8-18(24)3/h9-12,16-18H,4-8,13-15H2,1-3H3,(H,22,25)/t16-,17+,18+/m1/s1. The van der Waals surface area contributed by atoms with E-state index in [4.69, 9.17) is 0 Å². The Morgan fingerprint density at radius 2 is 1.68 bits per heavy atom. The van der Waals surface area contributed by atoms with Gasteiger partial charge in [-0.05, 0) is 76.3 Å². The highest BCUT2D eigenvalue weighted by atomic mass is 32.2. The van der Waals surface area contributed by atoms with E-state index in [1.54, 1.807) is 28.6 Å². The number of hydrogen-bond acceptors (Lipinski definition) is 4. The van der Waals surface area contributed by atoms with Crippen molar-refractivity contribution in [1.29, 1.82) is 0 Å². The molecule has 2 aliphatic rings. The number of anilines is 1. The lowest BCUT2D eigenvalue weighted by molar-refractivity contribution is -0.117. The molecular weight excluding hydrogens is 374 g/mol. The number of sulfonamides is 1. The number of amides is 1. The second kappa shape index (κ2) is 8.93. The predicted octanol–water partition coefficient (Wildman–Crippen LogP) is 3.31. The summed E-state index contributed by atoms with van der Waals surface area (Å²) in [5.41, 5.74) is 0.633.